The summed E-state index contributed by atoms with van der Waals surface area (Å²) in [5, 5.41) is 0. The number of aromatic nitrogens is 2. The summed E-state index contributed by atoms with van der Waals surface area (Å²) in [5.74, 6) is 1.91. The molecule has 0 aliphatic heterocycles. The summed E-state index contributed by atoms with van der Waals surface area (Å²) in [6, 6.07) is 0. The van der Waals surface area contributed by atoms with Crippen molar-refractivity contribution in [3.63, 3.8) is 0 Å². The van der Waals surface area contributed by atoms with Gasteiger partial charge in [0.05, 0.1) is 0 Å². The zero-order valence-electron chi connectivity index (χ0n) is 5.30. The molecule has 0 atom stereocenters. The summed E-state index contributed by atoms with van der Waals surface area (Å²) in [4.78, 5) is 25.8. The van der Waals surface area contributed by atoms with Crippen LogP contribution in [0.25, 0.3) is 0 Å². The Hall–Kier alpha value is -0.801. The van der Waals surface area contributed by atoms with Gasteiger partial charge in [-0.25, -0.2) is 0 Å². The van der Waals surface area contributed by atoms with Gasteiger partial charge in [0.1, 0.15) is 0 Å². The third-order valence-electron chi connectivity index (χ3n) is 1.01. The predicted molar refractivity (Wildman–Crippen MR) is 38.9 cm³/mol. The molecule has 0 spiro atoms. The maximum absolute atomic E-state index is 10.8. The molecule has 10 heavy (non-hydrogen) atoms. The number of aromatic amines is 2. The summed E-state index contributed by atoms with van der Waals surface area (Å²) in [6.45, 7) is 0. The third kappa shape index (κ3) is 1.37. The molecule has 1 heterocycles. The van der Waals surface area contributed by atoms with Gasteiger partial charge >= 0.3 is 62.2 Å². The molecular weight excluding hydrogens is 199 g/mol. The second kappa shape index (κ2) is 2.86. The second-order valence-electron chi connectivity index (χ2n) is 1.64. The molecule has 0 aliphatic rings. The number of hydrogen-bond acceptors (Lipinski definition) is 2. The van der Waals surface area contributed by atoms with Crippen molar-refractivity contribution in [2.45, 2.75) is 5.82 Å². The van der Waals surface area contributed by atoms with Crippen molar-refractivity contribution in [3.05, 3.63) is 27.0 Å². The predicted octanol–water partition coefficient (Wildman–Crippen LogP) is -1.56. The van der Waals surface area contributed by atoms with Crippen LogP contribution in [0.5, 0.6) is 0 Å². The van der Waals surface area contributed by atoms with Crippen LogP contribution in [0.2, 0.25) is 5.82 Å². The van der Waals surface area contributed by atoms with Crippen LogP contribution < -0.4 is 15.7 Å². The first-order chi connectivity index (χ1) is 4.74. The van der Waals surface area contributed by atoms with Crippen LogP contribution in [-0.2, 0) is 0 Å². The molecule has 54 valence electrons. The molecule has 0 aromatic carbocycles. The van der Waals surface area contributed by atoms with Crippen molar-refractivity contribution in [2.75, 3.05) is 0 Å². The minimum absolute atomic E-state index is 0.137. The van der Waals surface area contributed by atoms with Gasteiger partial charge in [-0.1, -0.05) is 0 Å². The standard InChI is InChI=1S/C5H6N2O2Se/c1-10-3-2-6-5(9)7-4(3)8/h2H,1H3,(H2,6,7,8,9). The Balaban J connectivity index is 3.34. The van der Waals surface area contributed by atoms with E-state index < -0.39 is 5.69 Å². The molecule has 0 bridgehead atoms. The van der Waals surface area contributed by atoms with Crippen molar-refractivity contribution < 1.29 is 0 Å². The molecule has 0 unspecified atom stereocenters. The van der Waals surface area contributed by atoms with Crippen molar-refractivity contribution in [1.29, 1.82) is 0 Å². The topological polar surface area (TPSA) is 65.7 Å². The van der Waals surface area contributed by atoms with Gasteiger partial charge in [0.15, 0.2) is 0 Å². The molecule has 1 aromatic heterocycles. The van der Waals surface area contributed by atoms with E-state index in [1.54, 1.807) is 0 Å². The molecule has 0 amide bonds. The first-order valence-electron chi connectivity index (χ1n) is 2.60. The number of nitrogens with one attached hydrogen (secondary N) is 2. The average molecular weight is 205 g/mol. The van der Waals surface area contributed by atoms with Crippen molar-refractivity contribution >= 4 is 19.4 Å². The molecule has 0 aliphatic carbocycles. The normalized spacial score (nSPS) is 9.70. The Labute approximate surface area is 62.8 Å². The van der Waals surface area contributed by atoms with E-state index in [-0.39, 0.29) is 20.5 Å². The molecule has 1 aromatic rings. The van der Waals surface area contributed by atoms with Gasteiger partial charge in [-0.05, 0) is 0 Å². The number of rotatable bonds is 1. The van der Waals surface area contributed by atoms with Gasteiger partial charge in [0.25, 0.3) is 0 Å². The van der Waals surface area contributed by atoms with Crippen molar-refractivity contribution in [2.24, 2.45) is 0 Å². The summed E-state index contributed by atoms with van der Waals surface area (Å²) in [5.41, 5.74) is -0.718. The number of hydrogen-bond donors (Lipinski definition) is 2. The van der Waals surface area contributed by atoms with E-state index in [0.717, 1.165) is 0 Å². The Kier molecular flexibility index (Phi) is 2.09. The van der Waals surface area contributed by atoms with E-state index in [0.29, 0.717) is 4.46 Å². The quantitative estimate of drug-likeness (QED) is 0.544. The van der Waals surface area contributed by atoms with E-state index >= 15 is 0 Å². The summed E-state index contributed by atoms with van der Waals surface area (Å²) in [7, 11) is 0. The Morgan fingerprint density at radius 1 is 1.50 bits per heavy atom. The molecule has 0 radical (unpaired) electrons. The summed E-state index contributed by atoms with van der Waals surface area (Å²) < 4.78 is 0.659. The Morgan fingerprint density at radius 3 is 2.70 bits per heavy atom. The van der Waals surface area contributed by atoms with Gasteiger partial charge in [-0.15, -0.1) is 0 Å². The van der Waals surface area contributed by atoms with Crippen LogP contribution in [0.4, 0.5) is 0 Å². The van der Waals surface area contributed by atoms with Gasteiger partial charge in [-0.3, -0.25) is 0 Å². The van der Waals surface area contributed by atoms with E-state index in [9.17, 15) is 9.59 Å². The fourth-order valence-corrected chi connectivity index (χ4v) is 1.42. The van der Waals surface area contributed by atoms with E-state index in [4.69, 9.17) is 0 Å². The van der Waals surface area contributed by atoms with Gasteiger partial charge in [0, 0.05) is 0 Å². The Bertz CT molecular complexity index is 327. The van der Waals surface area contributed by atoms with Crippen molar-refractivity contribution in [1.82, 2.24) is 9.97 Å². The van der Waals surface area contributed by atoms with Crippen LogP contribution >= 0.6 is 0 Å². The molecule has 5 heteroatoms. The van der Waals surface area contributed by atoms with Crippen LogP contribution in [0, 0.1) is 0 Å². The van der Waals surface area contributed by atoms with E-state index in [1.165, 1.54) is 6.20 Å². The zero-order chi connectivity index (χ0) is 7.56. The fourth-order valence-electron chi connectivity index (χ4n) is 0.549. The van der Waals surface area contributed by atoms with Crippen LogP contribution in [0.15, 0.2) is 15.8 Å². The SMILES string of the molecule is C[Se]c1c[nH]c(=O)[nH]c1=O. The van der Waals surface area contributed by atoms with Gasteiger partial charge < -0.3 is 0 Å². The molecule has 0 fully saturated rings. The summed E-state index contributed by atoms with van der Waals surface area (Å²) in [6.07, 6.45) is 1.46. The second-order valence-corrected chi connectivity index (χ2v) is 3.42. The Morgan fingerprint density at radius 2 is 2.20 bits per heavy atom. The minimum atomic E-state index is -0.446. The van der Waals surface area contributed by atoms with Crippen LogP contribution in [0.3, 0.4) is 0 Å². The van der Waals surface area contributed by atoms with Crippen molar-refractivity contribution in [3.8, 4) is 0 Å². The van der Waals surface area contributed by atoms with E-state index in [1.807, 2.05) is 5.82 Å². The first kappa shape index (κ1) is 7.31. The monoisotopic (exact) mass is 206 g/mol. The van der Waals surface area contributed by atoms with Crippen LogP contribution in [0.1, 0.15) is 0 Å². The van der Waals surface area contributed by atoms with E-state index in [2.05, 4.69) is 9.97 Å². The van der Waals surface area contributed by atoms with Crippen LogP contribution in [-0.4, -0.2) is 24.9 Å². The molecular formula is C5H6N2O2Se. The molecule has 4 nitrogen and oxygen atoms in total. The third-order valence-corrected chi connectivity index (χ3v) is 2.56. The van der Waals surface area contributed by atoms with Gasteiger partial charge in [-0.2, -0.15) is 0 Å². The maximum atomic E-state index is 10.8. The number of H-pyrrole nitrogens is 2. The average Bonchev–Trinajstić information content (AvgIpc) is 1.88. The molecule has 0 saturated heterocycles. The zero-order valence-corrected chi connectivity index (χ0v) is 7.02. The fraction of sp³-hybridized carbons (Fsp3) is 0.200. The molecule has 0 saturated carbocycles. The molecule has 1 rings (SSSR count). The first-order valence-corrected chi connectivity index (χ1v) is 5.17. The summed E-state index contributed by atoms with van der Waals surface area (Å²) >= 11 is 0.137. The van der Waals surface area contributed by atoms with Gasteiger partial charge in [0.2, 0.25) is 0 Å². The molecule has 2 N–H and O–H groups in total.